The third kappa shape index (κ3) is 3.75. The molecule has 1 aliphatic rings. The van der Waals surface area contributed by atoms with Gasteiger partial charge >= 0.3 is 0 Å². The summed E-state index contributed by atoms with van der Waals surface area (Å²) in [5.74, 6) is -0.390. The fourth-order valence-corrected chi connectivity index (χ4v) is 2.31. The summed E-state index contributed by atoms with van der Waals surface area (Å²) >= 11 is 0. The molecule has 5 heteroatoms. The molecule has 0 spiro atoms. The van der Waals surface area contributed by atoms with E-state index in [4.69, 9.17) is 0 Å². The highest BCUT2D eigenvalue weighted by molar-refractivity contribution is 5.82. The molecule has 1 heterocycles. The molecule has 19 heavy (non-hydrogen) atoms. The van der Waals surface area contributed by atoms with E-state index in [1.54, 1.807) is 18.2 Å². The minimum Gasteiger partial charge on any atom is -0.392 e. The molecule has 1 amide bonds. The van der Waals surface area contributed by atoms with Crippen molar-refractivity contribution in [3.05, 3.63) is 35.6 Å². The maximum Gasteiger partial charge on any atom is 0.237 e. The first kappa shape index (κ1) is 14.0. The summed E-state index contributed by atoms with van der Waals surface area (Å²) in [5.41, 5.74) is 0.592. The van der Waals surface area contributed by atoms with Crippen LogP contribution in [0.25, 0.3) is 0 Å². The van der Waals surface area contributed by atoms with Crippen molar-refractivity contribution in [2.24, 2.45) is 0 Å². The lowest BCUT2D eigenvalue weighted by Gasteiger charge is -2.17. The van der Waals surface area contributed by atoms with Crippen LogP contribution in [0.1, 0.15) is 18.9 Å². The Morgan fingerprint density at radius 2 is 2.32 bits per heavy atom. The summed E-state index contributed by atoms with van der Waals surface area (Å²) in [5, 5.41) is 15.2. The van der Waals surface area contributed by atoms with E-state index >= 15 is 0 Å². The van der Waals surface area contributed by atoms with Gasteiger partial charge in [-0.15, -0.1) is 0 Å². The van der Waals surface area contributed by atoms with E-state index in [-0.39, 0.29) is 23.8 Å². The third-order valence-corrected chi connectivity index (χ3v) is 3.30. The average Bonchev–Trinajstić information content (AvgIpc) is 2.79. The van der Waals surface area contributed by atoms with Crippen LogP contribution in [0.4, 0.5) is 4.39 Å². The Morgan fingerprint density at radius 1 is 1.58 bits per heavy atom. The lowest BCUT2D eigenvalue weighted by atomic mass is 10.1. The van der Waals surface area contributed by atoms with Crippen molar-refractivity contribution in [3.63, 3.8) is 0 Å². The van der Waals surface area contributed by atoms with Crippen LogP contribution in [0.5, 0.6) is 0 Å². The summed E-state index contributed by atoms with van der Waals surface area (Å²) in [6, 6.07) is 6.06. The van der Waals surface area contributed by atoms with Gasteiger partial charge in [0, 0.05) is 12.6 Å². The second-order valence-corrected chi connectivity index (χ2v) is 5.06. The molecule has 1 fully saturated rings. The third-order valence-electron chi connectivity index (χ3n) is 3.30. The summed E-state index contributed by atoms with van der Waals surface area (Å²) < 4.78 is 13.5. The predicted octanol–water partition coefficient (Wildman–Crippen LogP) is 0.596. The molecule has 4 nitrogen and oxygen atoms in total. The minimum atomic E-state index is -0.461. The van der Waals surface area contributed by atoms with E-state index < -0.39 is 6.10 Å². The van der Waals surface area contributed by atoms with Crippen LogP contribution in [0.3, 0.4) is 0 Å². The Kier molecular flexibility index (Phi) is 4.50. The van der Waals surface area contributed by atoms with Gasteiger partial charge in [-0.2, -0.15) is 0 Å². The SMILES string of the molecule is C[C@H](Cc1ccccc1F)NC(=O)[C@@H]1C[C@H](O)CN1. The van der Waals surface area contributed by atoms with E-state index in [1.807, 2.05) is 6.92 Å². The number of hydrogen-bond acceptors (Lipinski definition) is 3. The fourth-order valence-electron chi connectivity index (χ4n) is 2.31. The first-order chi connectivity index (χ1) is 9.06. The van der Waals surface area contributed by atoms with Gasteiger partial charge in [-0.1, -0.05) is 18.2 Å². The molecule has 0 unspecified atom stereocenters. The van der Waals surface area contributed by atoms with Crippen LogP contribution in [0.2, 0.25) is 0 Å². The maximum absolute atomic E-state index is 13.5. The van der Waals surface area contributed by atoms with Crippen molar-refractivity contribution in [2.75, 3.05) is 6.54 Å². The van der Waals surface area contributed by atoms with Gasteiger partial charge < -0.3 is 15.7 Å². The number of carbonyl (C=O) groups is 1. The second kappa shape index (κ2) is 6.12. The molecule has 104 valence electrons. The molecule has 0 aliphatic carbocycles. The predicted molar refractivity (Wildman–Crippen MR) is 70.1 cm³/mol. The molecule has 3 N–H and O–H groups in total. The number of benzene rings is 1. The molecule has 2 rings (SSSR count). The molecule has 1 aliphatic heterocycles. The van der Waals surface area contributed by atoms with Gasteiger partial charge in [0.25, 0.3) is 0 Å². The number of β-amino-alcohol motifs (C(OH)–C–C–N with tert-alkyl or cyclic N) is 1. The van der Waals surface area contributed by atoms with Crippen LogP contribution in [-0.4, -0.2) is 35.7 Å². The van der Waals surface area contributed by atoms with Crippen molar-refractivity contribution in [3.8, 4) is 0 Å². The highest BCUT2D eigenvalue weighted by Gasteiger charge is 2.28. The second-order valence-electron chi connectivity index (χ2n) is 5.06. The van der Waals surface area contributed by atoms with Crippen LogP contribution >= 0.6 is 0 Å². The largest absolute Gasteiger partial charge is 0.392 e. The zero-order chi connectivity index (χ0) is 13.8. The number of halogens is 1. The zero-order valence-electron chi connectivity index (χ0n) is 10.9. The molecule has 0 aromatic heterocycles. The van der Waals surface area contributed by atoms with E-state index in [2.05, 4.69) is 10.6 Å². The number of hydrogen-bond donors (Lipinski definition) is 3. The van der Waals surface area contributed by atoms with Crippen molar-refractivity contribution < 1.29 is 14.3 Å². The molecular formula is C14H19FN2O2. The first-order valence-corrected chi connectivity index (χ1v) is 6.51. The van der Waals surface area contributed by atoms with Gasteiger partial charge in [0.15, 0.2) is 0 Å². The Balaban J connectivity index is 1.86. The summed E-state index contributed by atoms with van der Waals surface area (Å²) in [4.78, 5) is 11.9. The van der Waals surface area contributed by atoms with Crippen LogP contribution in [0, 0.1) is 5.82 Å². The van der Waals surface area contributed by atoms with Crippen molar-refractivity contribution in [2.45, 2.75) is 38.0 Å². The molecule has 0 radical (unpaired) electrons. The number of aliphatic hydroxyl groups excluding tert-OH is 1. The topological polar surface area (TPSA) is 61.4 Å². The van der Waals surface area contributed by atoms with Crippen molar-refractivity contribution in [1.29, 1.82) is 0 Å². The molecule has 3 atom stereocenters. The van der Waals surface area contributed by atoms with Gasteiger partial charge in [0.2, 0.25) is 5.91 Å². The summed E-state index contributed by atoms with van der Waals surface area (Å²) in [6.07, 6.45) is 0.420. The lowest BCUT2D eigenvalue weighted by molar-refractivity contribution is -0.123. The standard InChI is InChI=1S/C14H19FN2O2/c1-9(6-10-4-2-3-5-12(10)15)17-14(19)13-7-11(18)8-16-13/h2-5,9,11,13,16,18H,6-8H2,1H3,(H,17,19)/t9-,11+,13+/m1/s1. The number of amides is 1. The van der Waals surface area contributed by atoms with E-state index in [1.165, 1.54) is 6.07 Å². The normalized spacial score (nSPS) is 24.2. The maximum atomic E-state index is 13.5. The highest BCUT2D eigenvalue weighted by atomic mass is 19.1. The van der Waals surface area contributed by atoms with Gasteiger partial charge in [-0.25, -0.2) is 4.39 Å². The quantitative estimate of drug-likeness (QED) is 0.748. The summed E-state index contributed by atoms with van der Waals surface area (Å²) in [7, 11) is 0. The monoisotopic (exact) mass is 266 g/mol. The number of aliphatic hydroxyl groups is 1. The van der Waals surface area contributed by atoms with Gasteiger partial charge in [-0.05, 0) is 31.4 Å². The molecule has 1 saturated heterocycles. The van der Waals surface area contributed by atoms with E-state index in [0.29, 0.717) is 24.9 Å². The molecule has 1 aromatic rings. The van der Waals surface area contributed by atoms with Crippen LogP contribution < -0.4 is 10.6 Å². The number of rotatable bonds is 4. The Hall–Kier alpha value is -1.46. The van der Waals surface area contributed by atoms with Crippen molar-refractivity contribution in [1.82, 2.24) is 10.6 Å². The van der Waals surface area contributed by atoms with E-state index in [0.717, 1.165) is 0 Å². The van der Waals surface area contributed by atoms with Gasteiger partial charge in [0.05, 0.1) is 12.1 Å². The van der Waals surface area contributed by atoms with Crippen LogP contribution in [0.15, 0.2) is 24.3 Å². The Labute approximate surface area is 112 Å². The van der Waals surface area contributed by atoms with Gasteiger partial charge in [0.1, 0.15) is 5.82 Å². The smallest absolute Gasteiger partial charge is 0.237 e. The minimum absolute atomic E-state index is 0.139. The summed E-state index contributed by atoms with van der Waals surface area (Å²) in [6.45, 7) is 2.29. The molecule has 0 saturated carbocycles. The lowest BCUT2D eigenvalue weighted by Crippen LogP contribution is -2.44. The van der Waals surface area contributed by atoms with Gasteiger partial charge in [-0.3, -0.25) is 4.79 Å². The first-order valence-electron chi connectivity index (χ1n) is 6.51. The number of carbonyl (C=O) groups excluding carboxylic acids is 1. The molecule has 0 bridgehead atoms. The number of nitrogens with one attached hydrogen (secondary N) is 2. The van der Waals surface area contributed by atoms with E-state index in [9.17, 15) is 14.3 Å². The fraction of sp³-hybridized carbons (Fsp3) is 0.500. The average molecular weight is 266 g/mol. The Bertz CT molecular complexity index is 453. The zero-order valence-corrected chi connectivity index (χ0v) is 10.9. The Morgan fingerprint density at radius 3 is 2.95 bits per heavy atom. The van der Waals surface area contributed by atoms with Crippen LogP contribution in [-0.2, 0) is 11.2 Å². The molecule has 1 aromatic carbocycles. The van der Waals surface area contributed by atoms with Crippen molar-refractivity contribution >= 4 is 5.91 Å². The highest BCUT2D eigenvalue weighted by Crippen LogP contribution is 2.10. The molecular weight excluding hydrogens is 247 g/mol.